The van der Waals surface area contributed by atoms with Crippen LogP contribution in [-0.2, 0) is 21.4 Å². The standard InChI is InChI=1S/C26H30N4O4S/c1-20-16-24(14-15-25(20)34-4)35(32,33)30(18-22-8-6-5-7-9-22)19-26(31)28-27-17-21-10-12-23(13-11-21)29(2)3/h5-17H,18-19H2,1-4H3,(H,28,31)/b27-17+. The first-order chi connectivity index (χ1) is 16.7. The molecule has 0 fully saturated rings. The van der Waals surface area contributed by atoms with Crippen LogP contribution in [-0.4, -0.2) is 52.6 Å². The molecule has 0 heterocycles. The maximum Gasteiger partial charge on any atom is 0.255 e. The maximum absolute atomic E-state index is 13.5. The largest absolute Gasteiger partial charge is 0.496 e. The molecule has 0 saturated carbocycles. The Morgan fingerprint density at radius 3 is 2.31 bits per heavy atom. The number of carbonyl (C=O) groups is 1. The maximum atomic E-state index is 13.5. The third-order valence-corrected chi connectivity index (χ3v) is 7.13. The van der Waals surface area contributed by atoms with Crippen LogP contribution in [0.3, 0.4) is 0 Å². The Morgan fingerprint density at radius 2 is 1.71 bits per heavy atom. The number of hydrogen-bond acceptors (Lipinski definition) is 6. The molecule has 0 atom stereocenters. The molecule has 0 spiro atoms. The summed E-state index contributed by atoms with van der Waals surface area (Å²) in [7, 11) is 1.46. The lowest BCUT2D eigenvalue weighted by molar-refractivity contribution is -0.121. The van der Waals surface area contributed by atoms with Gasteiger partial charge in [-0.1, -0.05) is 42.5 Å². The summed E-state index contributed by atoms with van der Waals surface area (Å²) in [6, 6.07) is 21.4. The van der Waals surface area contributed by atoms with Gasteiger partial charge in [0.15, 0.2) is 0 Å². The van der Waals surface area contributed by atoms with Crippen LogP contribution in [0.2, 0.25) is 0 Å². The number of anilines is 1. The van der Waals surface area contributed by atoms with Crippen LogP contribution in [0.5, 0.6) is 5.75 Å². The van der Waals surface area contributed by atoms with Crippen LogP contribution in [0.4, 0.5) is 5.69 Å². The van der Waals surface area contributed by atoms with Gasteiger partial charge in [-0.05, 0) is 53.9 Å². The van der Waals surface area contributed by atoms with Gasteiger partial charge in [-0.25, -0.2) is 13.8 Å². The van der Waals surface area contributed by atoms with Crippen molar-refractivity contribution >= 4 is 27.8 Å². The number of sulfonamides is 1. The van der Waals surface area contributed by atoms with Crippen molar-refractivity contribution in [2.24, 2.45) is 5.10 Å². The summed E-state index contributed by atoms with van der Waals surface area (Å²) in [5.41, 5.74) is 5.72. The van der Waals surface area contributed by atoms with E-state index < -0.39 is 15.9 Å². The van der Waals surface area contributed by atoms with Gasteiger partial charge in [0, 0.05) is 26.3 Å². The molecule has 0 saturated heterocycles. The van der Waals surface area contributed by atoms with E-state index in [0.29, 0.717) is 11.3 Å². The van der Waals surface area contributed by atoms with Gasteiger partial charge < -0.3 is 9.64 Å². The number of benzene rings is 3. The monoisotopic (exact) mass is 494 g/mol. The van der Waals surface area contributed by atoms with Gasteiger partial charge in [-0.15, -0.1) is 0 Å². The summed E-state index contributed by atoms with van der Waals surface area (Å²) in [5.74, 6) is 0.0418. The van der Waals surface area contributed by atoms with Gasteiger partial charge in [0.25, 0.3) is 5.91 Å². The van der Waals surface area contributed by atoms with E-state index >= 15 is 0 Å². The first kappa shape index (κ1) is 25.9. The van der Waals surface area contributed by atoms with E-state index in [1.54, 1.807) is 19.1 Å². The molecule has 3 aromatic rings. The van der Waals surface area contributed by atoms with E-state index in [9.17, 15) is 13.2 Å². The Balaban J connectivity index is 1.77. The van der Waals surface area contributed by atoms with Crippen molar-refractivity contribution in [3.05, 3.63) is 89.5 Å². The molecule has 0 aliphatic heterocycles. The molecule has 3 aromatic carbocycles. The molecule has 8 nitrogen and oxygen atoms in total. The normalized spacial score (nSPS) is 11.6. The first-order valence-corrected chi connectivity index (χ1v) is 12.4. The molecule has 0 aliphatic rings. The van der Waals surface area contributed by atoms with E-state index in [1.165, 1.54) is 19.4 Å². The molecule has 0 unspecified atom stereocenters. The number of methoxy groups -OCH3 is 1. The number of aryl methyl sites for hydroxylation is 1. The van der Waals surface area contributed by atoms with Gasteiger partial charge in [0.05, 0.1) is 24.8 Å². The van der Waals surface area contributed by atoms with E-state index in [1.807, 2.05) is 73.6 Å². The molecule has 0 aromatic heterocycles. The van der Waals surface area contributed by atoms with Crippen LogP contribution in [0.25, 0.3) is 0 Å². The third kappa shape index (κ3) is 6.91. The number of rotatable bonds is 10. The zero-order valence-electron chi connectivity index (χ0n) is 20.3. The Morgan fingerprint density at radius 1 is 1.03 bits per heavy atom. The molecular weight excluding hydrogens is 464 g/mol. The Hall–Kier alpha value is -3.69. The molecule has 1 N–H and O–H groups in total. The molecule has 0 bridgehead atoms. The predicted octanol–water partition coefficient (Wildman–Crippen LogP) is 3.41. The number of nitrogens with one attached hydrogen (secondary N) is 1. The second-order valence-corrected chi connectivity index (χ2v) is 10.1. The number of nitrogens with zero attached hydrogens (tertiary/aromatic N) is 3. The summed E-state index contributed by atoms with van der Waals surface area (Å²) in [6.07, 6.45) is 1.51. The molecule has 1 amide bonds. The van der Waals surface area contributed by atoms with Crippen molar-refractivity contribution in [1.29, 1.82) is 0 Å². The van der Waals surface area contributed by atoms with E-state index in [-0.39, 0.29) is 18.0 Å². The molecule has 184 valence electrons. The van der Waals surface area contributed by atoms with Crippen molar-refractivity contribution in [3.63, 3.8) is 0 Å². The summed E-state index contributed by atoms with van der Waals surface area (Å²) >= 11 is 0. The van der Waals surface area contributed by atoms with E-state index in [0.717, 1.165) is 21.1 Å². The van der Waals surface area contributed by atoms with Crippen molar-refractivity contribution in [3.8, 4) is 5.75 Å². The SMILES string of the molecule is COc1ccc(S(=O)(=O)N(CC(=O)N/N=C/c2ccc(N(C)C)cc2)Cc2ccccc2)cc1C. The molecule has 0 radical (unpaired) electrons. The van der Waals surface area contributed by atoms with E-state index in [2.05, 4.69) is 10.5 Å². The highest BCUT2D eigenvalue weighted by Gasteiger charge is 2.27. The number of hydrazone groups is 1. The fraction of sp³-hybridized carbons (Fsp3) is 0.231. The predicted molar refractivity (Wildman–Crippen MR) is 138 cm³/mol. The average molecular weight is 495 g/mol. The second kappa shape index (κ2) is 11.6. The fourth-order valence-electron chi connectivity index (χ4n) is 3.41. The summed E-state index contributed by atoms with van der Waals surface area (Å²) in [6.45, 7) is 1.42. The van der Waals surface area contributed by atoms with Crippen LogP contribution in [0.15, 0.2) is 82.8 Å². The lowest BCUT2D eigenvalue weighted by atomic mass is 10.2. The number of ether oxygens (including phenoxy) is 1. The fourth-order valence-corrected chi connectivity index (χ4v) is 4.88. The van der Waals surface area contributed by atoms with Crippen LogP contribution in [0, 0.1) is 6.92 Å². The van der Waals surface area contributed by atoms with Crippen molar-refractivity contribution in [2.45, 2.75) is 18.4 Å². The minimum atomic E-state index is -3.97. The second-order valence-electron chi connectivity index (χ2n) is 8.17. The quantitative estimate of drug-likeness (QED) is 0.345. The van der Waals surface area contributed by atoms with E-state index in [4.69, 9.17) is 4.74 Å². The summed E-state index contributed by atoms with van der Waals surface area (Å²) < 4.78 is 33.3. The lowest BCUT2D eigenvalue weighted by Crippen LogP contribution is -2.39. The van der Waals surface area contributed by atoms with Crippen molar-refractivity contribution < 1.29 is 17.9 Å². The van der Waals surface area contributed by atoms with Gasteiger partial charge >= 0.3 is 0 Å². The molecule has 35 heavy (non-hydrogen) atoms. The van der Waals surface area contributed by atoms with Crippen molar-refractivity contribution in [1.82, 2.24) is 9.73 Å². The molecule has 0 aliphatic carbocycles. The van der Waals surface area contributed by atoms with Crippen LogP contribution < -0.4 is 15.1 Å². The average Bonchev–Trinajstić information content (AvgIpc) is 2.84. The highest BCUT2D eigenvalue weighted by Crippen LogP contribution is 2.24. The zero-order valence-corrected chi connectivity index (χ0v) is 21.1. The minimum Gasteiger partial charge on any atom is -0.496 e. The Kier molecular flexibility index (Phi) is 8.62. The van der Waals surface area contributed by atoms with Crippen molar-refractivity contribution in [2.75, 3.05) is 32.6 Å². The molecule has 3 rings (SSSR count). The third-order valence-electron chi connectivity index (χ3n) is 5.34. The highest BCUT2D eigenvalue weighted by atomic mass is 32.2. The zero-order chi connectivity index (χ0) is 25.4. The van der Waals surface area contributed by atoms with Gasteiger partial charge in [-0.2, -0.15) is 9.41 Å². The topological polar surface area (TPSA) is 91.3 Å². The Labute approximate surface area is 206 Å². The lowest BCUT2D eigenvalue weighted by Gasteiger charge is -2.22. The molecule has 9 heteroatoms. The minimum absolute atomic E-state index is 0.0391. The number of carbonyl (C=O) groups excluding carboxylic acids is 1. The summed E-state index contributed by atoms with van der Waals surface area (Å²) in [4.78, 5) is 14.7. The Bertz CT molecular complexity index is 1270. The van der Waals surface area contributed by atoms with Crippen LogP contribution in [0.1, 0.15) is 16.7 Å². The van der Waals surface area contributed by atoms with Gasteiger partial charge in [-0.3, -0.25) is 4.79 Å². The highest BCUT2D eigenvalue weighted by molar-refractivity contribution is 7.89. The number of amides is 1. The van der Waals surface area contributed by atoms with Crippen LogP contribution >= 0.6 is 0 Å². The van der Waals surface area contributed by atoms with Gasteiger partial charge in [0.1, 0.15) is 5.75 Å². The summed E-state index contributed by atoms with van der Waals surface area (Å²) in [5, 5.41) is 3.99. The first-order valence-electron chi connectivity index (χ1n) is 11.0. The van der Waals surface area contributed by atoms with Gasteiger partial charge in [0.2, 0.25) is 10.0 Å². The smallest absolute Gasteiger partial charge is 0.255 e. The molecular formula is C26H30N4O4S. The number of hydrogen-bond donors (Lipinski definition) is 1.